The van der Waals surface area contributed by atoms with Crippen molar-refractivity contribution in [3.05, 3.63) is 0 Å². The molecule has 0 radical (unpaired) electrons. The van der Waals surface area contributed by atoms with Gasteiger partial charge < -0.3 is 5.32 Å². The van der Waals surface area contributed by atoms with E-state index in [-0.39, 0.29) is 11.3 Å². The second-order valence-corrected chi connectivity index (χ2v) is 7.43. The Balaban J connectivity index is 2.58. The molecule has 5 heteroatoms. The van der Waals surface area contributed by atoms with Crippen LogP contribution in [0.2, 0.25) is 0 Å². The number of hydrogen-bond donors (Lipinski definition) is 1. The van der Waals surface area contributed by atoms with Crippen molar-refractivity contribution in [2.45, 2.75) is 32.4 Å². The molecule has 90 valence electrons. The summed E-state index contributed by atoms with van der Waals surface area (Å²) in [5.74, 6) is 0.253. The van der Waals surface area contributed by atoms with Gasteiger partial charge >= 0.3 is 0 Å². The Bertz CT molecular complexity index is 311. The number of rotatable bonds is 3. The number of piperazine rings is 1. The Morgan fingerprint density at radius 3 is 2.60 bits per heavy atom. The third-order valence-electron chi connectivity index (χ3n) is 2.97. The van der Waals surface area contributed by atoms with Crippen molar-refractivity contribution in [3.8, 4) is 0 Å². The third-order valence-corrected chi connectivity index (χ3v) is 3.89. The maximum absolute atomic E-state index is 11.1. The molecule has 1 rings (SSSR count). The molecule has 1 saturated heterocycles. The van der Waals surface area contributed by atoms with Gasteiger partial charge in [0.1, 0.15) is 9.84 Å². The van der Waals surface area contributed by atoms with Crippen LogP contribution in [0.4, 0.5) is 0 Å². The summed E-state index contributed by atoms with van der Waals surface area (Å²) in [6.45, 7) is 8.89. The molecule has 0 spiro atoms. The maximum Gasteiger partial charge on any atom is 0.148 e. The van der Waals surface area contributed by atoms with E-state index >= 15 is 0 Å². The van der Waals surface area contributed by atoms with Crippen LogP contribution in [0.25, 0.3) is 0 Å². The Kier molecular flexibility index (Phi) is 3.79. The van der Waals surface area contributed by atoms with Crippen molar-refractivity contribution >= 4 is 9.84 Å². The van der Waals surface area contributed by atoms with E-state index in [0.29, 0.717) is 12.6 Å². The molecule has 0 aromatic heterocycles. The molecule has 0 amide bonds. The summed E-state index contributed by atoms with van der Waals surface area (Å²) in [5, 5.41) is 3.41. The molecule has 0 saturated carbocycles. The largest absolute Gasteiger partial charge is 0.311 e. The average Bonchev–Trinajstić information content (AvgIpc) is 2.05. The quantitative estimate of drug-likeness (QED) is 0.752. The molecule has 4 nitrogen and oxygen atoms in total. The highest BCUT2D eigenvalue weighted by molar-refractivity contribution is 7.90. The molecular formula is C10H22N2O2S. The molecule has 1 heterocycles. The molecule has 1 atom stereocenters. The van der Waals surface area contributed by atoms with E-state index in [2.05, 4.69) is 31.0 Å². The van der Waals surface area contributed by atoms with Gasteiger partial charge in [-0.15, -0.1) is 0 Å². The minimum absolute atomic E-state index is 0.0528. The van der Waals surface area contributed by atoms with E-state index in [9.17, 15) is 8.42 Å². The standard InChI is InChI=1S/C10H22N2O2S/c1-9-7-12(5-6-15(4,13)14)10(2,3)8-11-9/h9,11H,5-8H2,1-4H3. The van der Waals surface area contributed by atoms with Crippen LogP contribution >= 0.6 is 0 Å². The smallest absolute Gasteiger partial charge is 0.148 e. The summed E-state index contributed by atoms with van der Waals surface area (Å²) in [4.78, 5) is 2.26. The van der Waals surface area contributed by atoms with Gasteiger partial charge in [0, 0.05) is 37.5 Å². The Labute approximate surface area is 93.0 Å². The highest BCUT2D eigenvalue weighted by Gasteiger charge is 2.32. The molecule has 0 aromatic carbocycles. The fraction of sp³-hybridized carbons (Fsp3) is 1.00. The first-order chi connectivity index (χ1) is 6.71. The maximum atomic E-state index is 11.1. The van der Waals surface area contributed by atoms with Gasteiger partial charge in [0.05, 0.1) is 5.75 Å². The summed E-state index contributed by atoms with van der Waals surface area (Å²) in [6.07, 6.45) is 1.30. The zero-order valence-electron chi connectivity index (χ0n) is 10.1. The van der Waals surface area contributed by atoms with Crippen LogP contribution in [0, 0.1) is 0 Å². The Morgan fingerprint density at radius 2 is 2.07 bits per heavy atom. The first-order valence-electron chi connectivity index (χ1n) is 5.37. The van der Waals surface area contributed by atoms with Gasteiger partial charge in [-0.2, -0.15) is 0 Å². The molecule has 0 aliphatic carbocycles. The van der Waals surface area contributed by atoms with E-state index < -0.39 is 9.84 Å². The summed E-state index contributed by atoms with van der Waals surface area (Å²) >= 11 is 0. The molecule has 1 aliphatic rings. The number of hydrogen-bond acceptors (Lipinski definition) is 4. The molecule has 1 fully saturated rings. The molecule has 0 bridgehead atoms. The van der Waals surface area contributed by atoms with E-state index in [4.69, 9.17) is 0 Å². The van der Waals surface area contributed by atoms with Crippen LogP contribution in [0.5, 0.6) is 0 Å². The monoisotopic (exact) mass is 234 g/mol. The first kappa shape index (κ1) is 12.9. The first-order valence-corrected chi connectivity index (χ1v) is 7.43. The summed E-state index contributed by atoms with van der Waals surface area (Å²) in [6, 6.07) is 0.442. The fourth-order valence-corrected chi connectivity index (χ4v) is 2.40. The number of nitrogens with one attached hydrogen (secondary N) is 1. The highest BCUT2D eigenvalue weighted by Crippen LogP contribution is 2.17. The summed E-state index contributed by atoms with van der Waals surface area (Å²) < 4.78 is 22.2. The van der Waals surface area contributed by atoms with Crippen LogP contribution in [0.1, 0.15) is 20.8 Å². The van der Waals surface area contributed by atoms with E-state index in [0.717, 1.165) is 13.1 Å². The predicted octanol–water partition coefficient (Wildman–Crippen LogP) is 0.103. The summed E-state index contributed by atoms with van der Waals surface area (Å²) in [5.41, 5.74) is 0.0528. The van der Waals surface area contributed by atoms with Crippen LogP contribution in [-0.2, 0) is 9.84 Å². The minimum atomic E-state index is -2.85. The lowest BCUT2D eigenvalue weighted by Gasteiger charge is -2.45. The topological polar surface area (TPSA) is 49.4 Å². The lowest BCUT2D eigenvalue weighted by atomic mass is 9.98. The van der Waals surface area contributed by atoms with Gasteiger partial charge in [-0.3, -0.25) is 4.90 Å². The van der Waals surface area contributed by atoms with Gasteiger partial charge in [0.25, 0.3) is 0 Å². The van der Waals surface area contributed by atoms with Crippen LogP contribution in [0.3, 0.4) is 0 Å². The van der Waals surface area contributed by atoms with Crippen LogP contribution in [-0.4, -0.2) is 56.5 Å². The lowest BCUT2D eigenvalue weighted by molar-refractivity contribution is 0.0770. The van der Waals surface area contributed by atoms with Gasteiger partial charge in [0.2, 0.25) is 0 Å². The zero-order valence-corrected chi connectivity index (χ0v) is 10.9. The molecule has 1 aliphatic heterocycles. The van der Waals surface area contributed by atoms with Crippen molar-refractivity contribution in [1.29, 1.82) is 0 Å². The molecule has 15 heavy (non-hydrogen) atoms. The molecular weight excluding hydrogens is 212 g/mol. The normalized spacial score (nSPS) is 27.9. The van der Waals surface area contributed by atoms with E-state index in [1.807, 2.05) is 0 Å². The molecule has 1 unspecified atom stereocenters. The Morgan fingerprint density at radius 1 is 1.47 bits per heavy atom. The van der Waals surface area contributed by atoms with Gasteiger partial charge in [0.15, 0.2) is 0 Å². The Hall–Kier alpha value is -0.130. The van der Waals surface area contributed by atoms with Crippen molar-refractivity contribution < 1.29 is 8.42 Å². The number of sulfone groups is 1. The van der Waals surface area contributed by atoms with Gasteiger partial charge in [-0.1, -0.05) is 0 Å². The van der Waals surface area contributed by atoms with Crippen molar-refractivity contribution in [2.75, 3.05) is 31.6 Å². The molecule has 1 N–H and O–H groups in total. The van der Waals surface area contributed by atoms with Gasteiger partial charge in [-0.25, -0.2) is 8.42 Å². The summed E-state index contributed by atoms with van der Waals surface area (Å²) in [7, 11) is -2.85. The second-order valence-electron chi connectivity index (χ2n) is 5.17. The SMILES string of the molecule is CC1CN(CCS(C)(=O)=O)C(C)(C)CN1. The average molecular weight is 234 g/mol. The number of nitrogens with zero attached hydrogens (tertiary/aromatic N) is 1. The lowest BCUT2D eigenvalue weighted by Crippen LogP contribution is -2.61. The van der Waals surface area contributed by atoms with Crippen LogP contribution < -0.4 is 5.32 Å². The van der Waals surface area contributed by atoms with Crippen molar-refractivity contribution in [2.24, 2.45) is 0 Å². The predicted molar refractivity (Wildman–Crippen MR) is 62.8 cm³/mol. The van der Waals surface area contributed by atoms with E-state index in [1.54, 1.807) is 0 Å². The van der Waals surface area contributed by atoms with Gasteiger partial charge in [-0.05, 0) is 20.8 Å². The van der Waals surface area contributed by atoms with Crippen LogP contribution in [0.15, 0.2) is 0 Å². The van der Waals surface area contributed by atoms with Crippen molar-refractivity contribution in [3.63, 3.8) is 0 Å². The molecule has 0 aromatic rings. The third kappa shape index (κ3) is 4.09. The zero-order chi connectivity index (χ0) is 11.7. The van der Waals surface area contributed by atoms with E-state index in [1.165, 1.54) is 6.26 Å². The second kappa shape index (κ2) is 4.39. The minimum Gasteiger partial charge on any atom is -0.311 e. The van der Waals surface area contributed by atoms with Crippen molar-refractivity contribution in [1.82, 2.24) is 10.2 Å². The highest BCUT2D eigenvalue weighted by atomic mass is 32.2. The fourth-order valence-electron chi connectivity index (χ4n) is 1.85.